The first-order chi connectivity index (χ1) is 12.2. The average Bonchev–Trinajstić information content (AvgIpc) is 3.13. The minimum atomic E-state index is -0.00752. The number of aryl methyl sites for hydroxylation is 1. The highest BCUT2D eigenvalue weighted by Gasteiger charge is 2.12. The van der Waals surface area contributed by atoms with Gasteiger partial charge in [0.05, 0.1) is 0 Å². The van der Waals surface area contributed by atoms with Crippen molar-refractivity contribution in [2.45, 2.75) is 32.2 Å². The zero-order valence-electron chi connectivity index (χ0n) is 14.5. The van der Waals surface area contributed by atoms with Crippen molar-refractivity contribution in [3.63, 3.8) is 0 Å². The van der Waals surface area contributed by atoms with E-state index in [1.165, 1.54) is 31.5 Å². The van der Waals surface area contributed by atoms with Gasteiger partial charge in [-0.2, -0.15) is 0 Å². The van der Waals surface area contributed by atoms with E-state index < -0.39 is 0 Å². The number of halogens is 1. The third-order valence-corrected chi connectivity index (χ3v) is 5.06. The molecular weight excluding hydrogens is 332 g/mol. The molecule has 1 aliphatic heterocycles. The van der Waals surface area contributed by atoms with Gasteiger partial charge in [-0.3, -0.25) is 9.69 Å². The van der Waals surface area contributed by atoms with E-state index >= 15 is 0 Å². The Balaban J connectivity index is 1.42. The molecule has 25 heavy (non-hydrogen) atoms. The third kappa shape index (κ3) is 5.32. The lowest BCUT2D eigenvalue weighted by Gasteiger charge is -2.14. The van der Waals surface area contributed by atoms with Gasteiger partial charge in [-0.15, -0.1) is 0 Å². The second-order valence-electron chi connectivity index (χ2n) is 6.63. The van der Waals surface area contributed by atoms with Crippen LogP contribution in [-0.2, 0) is 13.0 Å². The van der Waals surface area contributed by atoms with Crippen LogP contribution < -0.4 is 5.32 Å². The predicted octanol–water partition coefficient (Wildman–Crippen LogP) is 4.30. The van der Waals surface area contributed by atoms with Gasteiger partial charge in [-0.25, -0.2) is 0 Å². The molecule has 0 unspecified atom stereocenters. The van der Waals surface area contributed by atoms with E-state index in [9.17, 15) is 4.79 Å². The molecule has 1 heterocycles. The van der Waals surface area contributed by atoms with Crippen LogP contribution in [0.25, 0.3) is 0 Å². The van der Waals surface area contributed by atoms with Crippen LogP contribution in [0.3, 0.4) is 0 Å². The molecule has 4 heteroatoms. The normalized spacial score (nSPS) is 14.6. The van der Waals surface area contributed by atoms with Gasteiger partial charge in [-0.1, -0.05) is 41.9 Å². The molecule has 2 aromatic rings. The van der Waals surface area contributed by atoms with E-state index in [1.807, 2.05) is 36.4 Å². The van der Waals surface area contributed by atoms with Crippen LogP contribution >= 0.6 is 11.6 Å². The minimum absolute atomic E-state index is 0.00752. The summed E-state index contributed by atoms with van der Waals surface area (Å²) in [7, 11) is 0. The topological polar surface area (TPSA) is 32.3 Å². The summed E-state index contributed by atoms with van der Waals surface area (Å²) in [5.74, 6) is -0.00752. The van der Waals surface area contributed by atoms with Crippen molar-refractivity contribution in [3.8, 4) is 0 Å². The molecule has 3 rings (SSSR count). The van der Waals surface area contributed by atoms with Gasteiger partial charge in [0.25, 0.3) is 5.91 Å². The average molecular weight is 357 g/mol. The standard InChI is InChI=1S/C21H25ClN2O/c22-20-8-2-1-6-18(20)7-5-13-23-21(25)19-11-9-17(10-12-19)16-24-14-3-4-15-24/h1-2,6,8-12H,3-5,7,13-16H2,(H,23,25). The van der Waals surface area contributed by atoms with Gasteiger partial charge in [0.2, 0.25) is 0 Å². The Bertz CT molecular complexity index is 693. The Labute approximate surface area is 155 Å². The van der Waals surface area contributed by atoms with Gasteiger partial charge in [-0.05, 0) is 68.1 Å². The second kappa shape index (κ2) is 9.02. The van der Waals surface area contributed by atoms with Crippen molar-refractivity contribution < 1.29 is 4.79 Å². The van der Waals surface area contributed by atoms with Crippen LogP contribution in [-0.4, -0.2) is 30.4 Å². The van der Waals surface area contributed by atoms with Crippen molar-refractivity contribution >= 4 is 17.5 Å². The van der Waals surface area contributed by atoms with Gasteiger partial charge >= 0.3 is 0 Å². The molecule has 1 N–H and O–H groups in total. The van der Waals surface area contributed by atoms with Crippen LogP contribution in [0, 0.1) is 0 Å². The smallest absolute Gasteiger partial charge is 0.251 e. The van der Waals surface area contributed by atoms with Gasteiger partial charge in [0.15, 0.2) is 0 Å². The Kier molecular flexibility index (Phi) is 6.48. The molecule has 0 radical (unpaired) electrons. The Morgan fingerprint density at radius 1 is 1.04 bits per heavy atom. The van der Waals surface area contributed by atoms with Crippen LogP contribution in [0.2, 0.25) is 5.02 Å². The maximum atomic E-state index is 12.2. The number of hydrogen-bond acceptors (Lipinski definition) is 2. The van der Waals surface area contributed by atoms with Gasteiger partial charge in [0.1, 0.15) is 0 Å². The zero-order chi connectivity index (χ0) is 17.5. The first-order valence-corrected chi connectivity index (χ1v) is 9.43. The number of carbonyl (C=O) groups is 1. The number of amides is 1. The number of likely N-dealkylation sites (tertiary alicyclic amines) is 1. The van der Waals surface area contributed by atoms with E-state index in [4.69, 9.17) is 11.6 Å². The van der Waals surface area contributed by atoms with E-state index in [2.05, 4.69) is 22.3 Å². The molecule has 1 fully saturated rings. The maximum Gasteiger partial charge on any atom is 0.251 e. The van der Waals surface area contributed by atoms with E-state index in [0.29, 0.717) is 6.54 Å². The summed E-state index contributed by atoms with van der Waals surface area (Å²) in [4.78, 5) is 14.7. The predicted molar refractivity (Wildman–Crippen MR) is 103 cm³/mol. The van der Waals surface area contributed by atoms with Crippen molar-refractivity contribution in [3.05, 3.63) is 70.2 Å². The van der Waals surface area contributed by atoms with Crippen molar-refractivity contribution in [1.29, 1.82) is 0 Å². The van der Waals surface area contributed by atoms with Crippen LogP contribution in [0.15, 0.2) is 48.5 Å². The van der Waals surface area contributed by atoms with E-state index in [-0.39, 0.29) is 5.91 Å². The number of rotatable bonds is 7. The van der Waals surface area contributed by atoms with E-state index in [0.717, 1.165) is 35.5 Å². The van der Waals surface area contributed by atoms with Crippen molar-refractivity contribution in [2.75, 3.05) is 19.6 Å². The minimum Gasteiger partial charge on any atom is -0.352 e. The Hall–Kier alpha value is -1.84. The molecule has 0 atom stereocenters. The molecule has 1 saturated heterocycles. The molecule has 132 valence electrons. The molecule has 0 saturated carbocycles. The largest absolute Gasteiger partial charge is 0.352 e. The first kappa shape index (κ1) is 18.0. The summed E-state index contributed by atoms with van der Waals surface area (Å²) in [5, 5.41) is 3.78. The second-order valence-corrected chi connectivity index (χ2v) is 7.04. The summed E-state index contributed by atoms with van der Waals surface area (Å²) in [5.41, 5.74) is 3.13. The SMILES string of the molecule is O=C(NCCCc1ccccc1Cl)c1ccc(CN2CCCC2)cc1. The van der Waals surface area contributed by atoms with E-state index in [1.54, 1.807) is 0 Å². The summed E-state index contributed by atoms with van der Waals surface area (Å²) in [6, 6.07) is 15.8. The molecule has 0 aliphatic carbocycles. The van der Waals surface area contributed by atoms with Crippen LogP contribution in [0.1, 0.15) is 40.7 Å². The van der Waals surface area contributed by atoms with Crippen LogP contribution in [0.4, 0.5) is 0 Å². The lowest BCUT2D eigenvalue weighted by atomic mass is 10.1. The highest BCUT2D eigenvalue weighted by Crippen LogP contribution is 2.16. The highest BCUT2D eigenvalue weighted by molar-refractivity contribution is 6.31. The quantitative estimate of drug-likeness (QED) is 0.750. The Morgan fingerprint density at radius 3 is 2.48 bits per heavy atom. The fraction of sp³-hybridized carbons (Fsp3) is 0.381. The number of carbonyl (C=O) groups excluding carboxylic acids is 1. The molecule has 2 aromatic carbocycles. The molecule has 1 amide bonds. The van der Waals surface area contributed by atoms with Crippen LogP contribution in [0.5, 0.6) is 0 Å². The summed E-state index contributed by atoms with van der Waals surface area (Å²) < 4.78 is 0. The molecule has 3 nitrogen and oxygen atoms in total. The fourth-order valence-corrected chi connectivity index (χ4v) is 3.47. The number of benzene rings is 2. The summed E-state index contributed by atoms with van der Waals surface area (Å²) in [6.45, 7) is 4.01. The zero-order valence-corrected chi connectivity index (χ0v) is 15.3. The third-order valence-electron chi connectivity index (χ3n) is 4.69. The highest BCUT2D eigenvalue weighted by atomic mass is 35.5. The summed E-state index contributed by atoms with van der Waals surface area (Å²) in [6.07, 6.45) is 4.35. The van der Waals surface area contributed by atoms with Crippen molar-refractivity contribution in [1.82, 2.24) is 10.2 Å². The number of nitrogens with one attached hydrogen (secondary N) is 1. The lowest BCUT2D eigenvalue weighted by Crippen LogP contribution is -2.25. The fourth-order valence-electron chi connectivity index (χ4n) is 3.24. The Morgan fingerprint density at radius 2 is 1.76 bits per heavy atom. The molecule has 1 aliphatic rings. The lowest BCUT2D eigenvalue weighted by molar-refractivity contribution is 0.0953. The molecule has 0 bridgehead atoms. The van der Waals surface area contributed by atoms with Gasteiger partial charge < -0.3 is 5.32 Å². The molecule has 0 aromatic heterocycles. The number of hydrogen-bond donors (Lipinski definition) is 1. The molecular formula is C21H25ClN2O. The summed E-state index contributed by atoms with van der Waals surface area (Å²) >= 11 is 6.15. The monoisotopic (exact) mass is 356 g/mol. The van der Waals surface area contributed by atoms with Gasteiger partial charge in [0, 0.05) is 23.7 Å². The molecule has 0 spiro atoms. The maximum absolute atomic E-state index is 12.2. The number of nitrogens with zero attached hydrogens (tertiary/aromatic N) is 1. The first-order valence-electron chi connectivity index (χ1n) is 9.05. The van der Waals surface area contributed by atoms with Crippen molar-refractivity contribution in [2.24, 2.45) is 0 Å².